The van der Waals surface area contributed by atoms with Gasteiger partial charge < -0.3 is 14.2 Å². The predicted octanol–water partition coefficient (Wildman–Crippen LogP) is 21.3. The molecule has 6 nitrogen and oxygen atoms in total. The third kappa shape index (κ3) is 59.6. The van der Waals surface area contributed by atoms with Crippen LogP contribution in [-0.4, -0.2) is 37.2 Å². The molecule has 0 saturated carbocycles. The maximum Gasteiger partial charge on any atom is 0.306 e. The van der Waals surface area contributed by atoms with Crippen molar-refractivity contribution in [1.29, 1.82) is 0 Å². The molecule has 0 aliphatic heterocycles. The Morgan fingerprint density at radius 2 is 0.548 bits per heavy atom. The zero-order chi connectivity index (χ0) is 52.9. The van der Waals surface area contributed by atoms with Crippen LogP contribution in [0.2, 0.25) is 0 Å². The van der Waals surface area contributed by atoms with E-state index in [1.54, 1.807) is 0 Å². The van der Waals surface area contributed by atoms with Crippen molar-refractivity contribution in [2.24, 2.45) is 0 Å². The molecule has 0 aromatic heterocycles. The lowest BCUT2D eigenvalue weighted by Crippen LogP contribution is -2.30. The summed E-state index contributed by atoms with van der Waals surface area (Å²) in [5.74, 6) is -0.871. The van der Waals surface area contributed by atoms with Gasteiger partial charge in [0.1, 0.15) is 13.2 Å². The maximum absolute atomic E-state index is 12.8. The second-order valence-corrected chi connectivity index (χ2v) is 20.9. The summed E-state index contributed by atoms with van der Waals surface area (Å²) in [5.41, 5.74) is 0. The summed E-state index contributed by atoms with van der Waals surface area (Å²) < 4.78 is 16.8. The fourth-order valence-corrected chi connectivity index (χ4v) is 8.98. The largest absolute Gasteiger partial charge is 0.462 e. The van der Waals surface area contributed by atoms with Crippen LogP contribution in [-0.2, 0) is 28.6 Å². The highest BCUT2D eigenvalue weighted by Gasteiger charge is 2.19. The van der Waals surface area contributed by atoms with Gasteiger partial charge in [0, 0.05) is 19.3 Å². The molecule has 0 spiro atoms. The smallest absolute Gasteiger partial charge is 0.306 e. The zero-order valence-electron chi connectivity index (χ0n) is 48.4. The monoisotopic (exact) mass is 1020 g/mol. The summed E-state index contributed by atoms with van der Waals surface area (Å²) in [6, 6.07) is 0. The molecule has 1 atom stereocenters. The van der Waals surface area contributed by atoms with Gasteiger partial charge in [-0.3, -0.25) is 14.4 Å². The molecule has 0 aromatic rings. The van der Waals surface area contributed by atoms with Gasteiger partial charge in [-0.25, -0.2) is 0 Å². The molecule has 0 heterocycles. The summed E-state index contributed by atoms with van der Waals surface area (Å²) in [4.78, 5) is 38.1. The first-order valence-corrected chi connectivity index (χ1v) is 31.4. The van der Waals surface area contributed by atoms with Gasteiger partial charge in [0.2, 0.25) is 0 Å². The first-order chi connectivity index (χ1) is 36.0. The minimum Gasteiger partial charge on any atom is -0.462 e. The molecule has 0 aliphatic carbocycles. The summed E-state index contributed by atoms with van der Waals surface area (Å²) >= 11 is 0. The van der Waals surface area contributed by atoms with Crippen LogP contribution >= 0.6 is 0 Å². The first-order valence-electron chi connectivity index (χ1n) is 31.4. The second kappa shape index (κ2) is 61.4. The molecule has 73 heavy (non-hydrogen) atoms. The van der Waals surface area contributed by atoms with E-state index in [4.69, 9.17) is 14.2 Å². The highest BCUT2D eigenvalue weighted by atomic mass is 16.6. The van der Waals surface area contributed by atoms with Crippen LogP contribution in [0.15, 0.2) is 72.9 Å². The Hall–Kier alpha value is -3.15. The fraction of sp³-hybridized carbons (Fsp3) is 0.776. The fourth-order valence-electron chi connectivity index (χ4n) is 8.98. The molecule has 0 fully saturated rings. The molecule has 0 rings (SSSR count). The number of unbranched alkanes of at least 4 members (excludes halogenated alkanes) is 34. The Morgan fingerprint density at radius 1 is 0.288 bits per heavy atom. The molecule has 0 radical (unpaired) electrons. The van der Waals surface area contributed by atoms with Gasteiger partial charge in [-0.15, -0.1) is 0 Å². The number of carbonyl (C=O) groups is 3. The molecule has 0 amide bonds. The third-order valence-corrected chi connectivity index (χ3v) is 13.7. The van der Waals surface area contributed by atoms with Gasteiger partial charge in [-0.1, -0.05) is 286 Å². The lowest BCUT2D eigenvalue weighted by molar-refractivity contribution is -0.167. The lowest BCUT2D eigenvalue weighted by atomic mass is 10.0. The number of hydrogen-bond acceptors (Lipinski definition) is 6. The van der Waals surface area contributed by atoms with E-state index in [-0.39, 0.29) is 31.1 Å². The van der Waals surface area contributed by atoms with Crippen molar-refractivity contribution in [3.63, 3.8) is 0 Å². The molecule has 0 saturated heterocycles. The van der Waals surface area contributed by atoms with E-state index in [0.717, 1.165) is 103 Å². The normalized spacial score (nSPS) is 12.5. The average Bonchev–Trinajstić information content (AvgIpc) is 3.39. The van der Waals surface area contributed by atoms with Crippen molar-refractivity contribution < 1.29 is 28.6 Å². The van der Waals surface area contributed by atoms with Crippen LogP contribution in [0.3, 0.4) is 0 Å². The quantitative estimate of drug-likeness (QED) is 0.0261. The van der Waals surface area contributed by atoms with Crippen LogP contribution in [0.25, 0.3) is 0 Å². The second-order valence-electron chi connectivity index (χ2n) is 20.9. The van der Waals surface area contributed by atoms with Gasteiger partial charge in [0.15, 0.2) is 6.10 Å². The summed E-state index contributed by atoms with van der Waals surface area (Å²) in [6.07, 6.45) is 79.3. The van der Waals surface area contributed by atoms with Crippen molar-refractivity contribution in [2.45, 2.75) is 322 Å². The van der Waals surface area contributed by atoms with E-state index in [2.05, 4.69) is 93.7 Å². The van der Waals surface area contributed by atoms with Gasteiger partial charge in [-0.05, 0) is 83.5 Å². The highest BCUT2D eigenvalue weighted by Crippen LogP contribution is 2.17. The molecule has 0 N–H and O–H groups in total. The molecular weight excluding hydrogens is 901 g/mol. The standard InChI is InChI=1S/C67H118O6/c1-4-7-10-13-16-19-22-23-24-25-26-27-28-29-30-31-32-33-34-35-36-37-38-39-40-41-42-43-46-48-51-54-57-60-66(69)72-63-64(73-67(70)61-58-55-52-49-45-21-18-15-12-9-6-3)62-71-65(68)59-56-53-50-47-44-20-17-14-11-8-5-2/h7,10,15-16,18-19,23-24,26-27,29-30,64H,4-6,8-9,11-14,17,20-22,25,28,31-63H2,1-3H3/b10-7-,18-15-,19-16-,24-23-,27-26-,30-29-. The Bertz CT molecular complexity index is 1360. The molecule has 0 aromatic carbocycles. The van der Waals surface area contributed by atoms with Gasteiger partial charge in [-0.2, -0.15) is 0 Å². The topological polar surface area (TPSA) is 78.9 Å². The van der Waals surface area contributed by atoms with E-state index in [0.29, 0.717) is 19.3 Å². The summed E-state index contributed by atoms with van der Waals surface area (Å²) in [7, 11) is 0. The maximum atomic E-state index is 12.8. The van der Waals surface area contributed by atoms with Gasteiger partial charge in [0.05, 0.1) is 0 Å². The molecule has 6 heteroatoms. The Kier molecular flexibility index (Phi) is 58.7. The van der Waals surface area contributed by atoms with E-state index in [1.165, 1.54) is 173 Å². The van der Waals surface area contributed by atoms with Crippen molar-refractivity contribution in [2.75, 3.05) is 13.2 Å². The van der Waals surface area contributed by atoms with E-state index < -0.39 is 6.10 Å². The Morgan fingerprint density at radius 3 is 0.890 bits per heavy atom. The highest BCUT2D eigenvalue weighted by molar-refractivity contribution is 5.71. The van der Waals surface area contributed by atoms with Crippen molar-refractivity contribution in [1.82, 2.24) is 0 Å². The van der Waals surface area contributed by atoms with Crippen LogP contribution in [0.4, 0.5) is 0 Å². The van der Waals surface area contributed by atoms with E-state index >= 15 is 0 Å². The zero-order valence-corrected chi connectivity index (χ0v) is 48.4. The Balaban J connectivity index is 4.04. The number of carbonyl (C=O) groups excluding carboxylic acids is 3. The third-order valence-electron chi connectivity index (χ3n) is 13.7. The van der Waals surface area contributed by atoms with E-state index in [1.807, 2.05) is 0 Å². The van der Waals surface area contributed by atoms with Crippen LogP contribution in [0.1, 0.15) is 316 Å². The minimum absolute atomic E-state index is 0.0734. The first kappa shape index (κ1) is 69.8. The van der Waals surface area contributed by atoms with Crippen molar-refractivity contribution in [3.05, 3.63) is 72.9 Å². The SMILES string of the molecule is CC/C=C\C/C=C\C/C=C\C/C=C\C/C=C\CCCCCCCCCCCCCCCCCCCC(=O)OCC(COC(=O)CCCCCCCCCCCCC)OC(=O)CCCCCCC/C=C\CCCC. The number of rotatable bonds is 57. The number of ether oxygens (including phenoxy) is 3. The van der Waals surface area contributed by atoms with Crippen molar-refractivity contribution in [3.8, 4) is 0 Å². The molecular formula is C67H118O6. The summed E-state index contributed by atoms with van der Waals surface area (Å²) in [6.45, 7) is 6.50. The minimum atomic E-state index is -0.774. The van der Waals surface area contributed by atoms with E-state index in [9.17, 15) is 14.4 Å². The molecule has 1 unspecified atom stereocenters. The predicted molar refractivity (Wildman–Crippen MR) is 316 cm³/mol. The van der Waals surface area contributed by atoms with Crippen LogP contribution in [0.5, 0.6) is 0 Å². The van der Waals surface area contributed by atoms with Crippen molar-refractivity contribution >= 4 is 17.9 Å². The number of hydrogen-bond donors (Lipinski definition) is 0. The van der Waals surface area contributed by atoms with Gasteiger partial charge >= 0.3 is 17.9 Å². The number of allylic oxidation sites excluding steroid dienone is 12. The lowest BCUT2D eigenvalue weighted by Gasteiger charge is -2.18. The molecule has 0 aliphatic rings. The van der Waals surface area contributed by atoms with Crippen LogP contribution < -0.4 is 0 Å². The van der Waals surface area contributed by atoms with Gasteiger partial charge in [0.25, 0.3) is 0 Å². The molecule has 422 valence electrons. The van der Waals surface area contributed by atoms with Crippen LogP contribution in [0, 0.1) is 0 Å². The Labute approximate surface area is 453 Å². The average molecular weight is 1020 g/mol. The molecule has 0 bridgehead atoms. The number of esters is 3. The summed E-state index contributed by atoms with van der Waals surface area (Å²) in [5, 5.41) is 0.